The lowest BCUT2D eigenvalue weighted by Gasteiger charge is -2.40. The zero-order valence-corrected chi connectivity index (χ0v) is 15.5. The van der Waals surface area contributed by atoms with Crippen molar-refractivity contribution < 1.29 is 9.59 Å². The number of aryl methyl sites for hydroxylation is 1. The van der Waals surface area contributed by atoms with E-state index in [0.29, 0.717) is 11.3 Å². The maximum Gasteiger partial charge on any atom is 0.271 e. The first-order chi connectivity index (χ1) is 13.0. The zero-order chi connectivity index (χ0) is 18.9. The van der Waals surface area contributed by atoms with E-state index in [1.54, 1.807) is 6.20 Å². The second-order valence-electron chi connectivity index (χ2n) is 7.91. The van der Waals surface area contributed by atoms with Gasteiger partial charge in [-0.15, -0.1) is 0 Å². The van der Waals surface area contributed by atoms with Gasteiger partial charge in [0.05, 0.1) is 11.9 Å². The molecule has 2 amide bonds. The van der Waals surface area contributed by atoms with Gasteiger partial charge in [-0.2, -0.15) is 0 Å². The normalized spacial score (nSPS) is 26.4. The molecule has 1 aromatic heterocycles. The predicted octanol–water partition coefficient (Wildman–Crippen LogP) is 2.79. The largest absolute Gasteiger partial charge is 0.347 e. The van der Waals surface area contributed by atoms with Gasteiger partial charge in [0, 0.05) is 22.8 Å². The van der Waals surface area contributed by atoms with Gasteiger partial charge in [-0.05, 0) is 57.6 Å². The first kappa shape index (κ1) is 17.6. The van der Waals surface area contributed by atoms with Crippen LogP contribution < -0.4 is 10.6 Å². The third-order valence-electron chi connectivity index (χ3n) is 5.88. The molecule has 0 aliphatic heterocycles. The molecule has 2 atom stereocenters. The maximum atomic E-state index is 12.7. The molecule has 6 nitrogen and oxygen atoms in total. The summed E-state index contributed by atoms with van der Waals surface area (Å²) in [5.74, 6) is -0.224. The van der Waals surface area contributed by atoms with Crippen molar-refractivity contribution in [3.63, 3.8) is 0 Å². The van der Waals surface area contributed by atoms with Gasteiger partial charge in [0.2, 0.25) is 0 Å². The molecule has 0 radical (unpaired) electrons. The summed E-state index contributed by atoms with van der Waals surface area (Å²) < 4.78 is 0. The SMILES string of the molecule is Cc1cnc(C(=O)NC23CCCC(NC(=O)c4ccccc4)(CC2)C3)cn1. The molecule has 2 aliphatic carbocycles. The van der Waals surface area contributed by atoms with Gasteiger partial charge in [-0.25, -0.2) is 4.98 Å². The average molecular weight is 364 g/mol. The molecule has 2 aromatic rings. The smallest absolute Gasteiger partial charge is 0.271 e. The summed E-state index contributed by atoms with van der Waals surface area (Å²) in [6, 6.07) is 9.30. The van der Waals surface area contributed by atoms with E-state index in [-0.39, 0.29) is 22.9 Å². The number of carbonyl (C=O) groups excluding carboxylic acids is 2. The molecule has 2 fully saturated rings. The minimum absolute atomic E-state index is 0.0379. The molecule has 140 valence electrons. The third kappa shape index (κ3) is 3.56. The summed E-state index contributed by atoms with van der Waals surface area (Å²) in [6.45, 7) is 1.84. The number of hydrogen-bond donors (Lipinski definition) is 2. The third-order valence-corrected chi connectivity index (χ3v) is 5.88. The van der Waals surface area contributed by atoms with Gasteiger partial charge in [-0.1, -0.05) is 18.2 Å². The number of rotatable bonds is 4. The molecule has 1 aromatic carbocycles. The Balaban J connectivity index is 1.47. The second-order valence-corrected chi connectivity index (χ2v) is 7.91. The van der Waals surface area contributed by atoms with Gasteiger partial charge in [-0.3, -0.25) is 14.6 Å². The summed E-state index contributed by atoms with van der Waals surface area (Å²) in [7, 11) is 0. The Labute approximate surface area is 158 Å². The van der Waals surface area contributed by atoms with E-state index < -0.39 is 0 Å². The lowest BCUT2D eigenvalue weighted by Crippen LogP contribution is -2.55. The Morgan fingerprint density at radius 2 is 1.56 bits per heavy atom. The number of aromatic nitrogens is 2. The van der Waals surface area contributed by atoms with Crippen LogP contribution in [0.5, 0.6) is 0 Å². The van der Waals surface area contributed by atoms with Crippen molar-refractivity contribution in [2.24, 2.45) is 0 Å². The van der Waals surface area contributed by atoms with E-state index >= 15 is 0 Å². The Morgan fingerprint density at radius 3 is 2.19 bits per heavy atom. The molecular weight excluding hydrogens is 340 g/mol. The van der Waals surface area contributed by atoms with Crippen LogP contribution in [0.1, 0.15) is 65.1 Å². The molecule has 27 heavy (non-hydrogen) atoms. The van der Waals surface area contributed by atoms with E-state index in [1.165, 1.54) is 6.20 Å². The topological polar surface area (TPSA) is 84.0 Å². The van der Waals surface area contributed by atoms with E-state index in [2.05, 4.69) is 20.6 Å². The Hall–Kier alpha value is -2.76. The van der Waals surface area contributed by atoms with Gasteiger partial charge < -0.3 is 10.6 Å². The minimum atomic E-state index is -0.272. The van der Waals surface area contributed by atoms with Crippen LogP contribution in [0.4, 0.5) is 0 Å². The molecule has 2 unspecified atom stereocenters. The molecule has 2 saturated carbocycles. The van der Waals surface area contributed by atoms with Crippen LogP contribution >= 0.6 is 0 Å². The number of carbonyl (C=O) groups is 2. The highest BCUT2D eigenvalue weighted by Gasteiger charge is 2.52. The summed E-state index contributed by atoms with van der Waals surface area (Å²) in [6.07, 6.45) is 8.50. The number of nitrogens with zero attached hydrogens (tertiary/aromatic N) is 2. The van der Waals surface area contributed by atoms with E-state index in [0.717, 1.165) is 44.2 Å². The van der Waals surface area contributed by atoms with E-state index in [1.807, 2.05) is 37.3 Å². The minimum Gasteiger partial charge on any atom is -0.347 e. The molecule has 0 spiro atoms. The van der Waals surface area contributed by atoms with Gasteiger partial charge in [0.15, 0.2) is 0 Å². The quantitative estimate of drug-likeness (QED) is 0.874. The fourth-order valence-electron chi connectivity index (χ4n) is 4.55. The van der Waals surface area contributed by atoms with Crippen LogP contribution in [-0.4, -0.2) is 32.9 Å². The van der Waals surface area contributed by atoms with E-state index in [4.69, 9.17) is 0 Å². The number of amides is 2. The van der Waals surface area contributed by atoms with Crippen LogP contribution in [0.2, 0.25) is 0 Å². The van der Waals surface area contributed by atoms with Crippen molar-refractivity contribution in [2.75, 3.05) is 0 Å². The summed E-state index contributed by atoms with van der Waals surface area (Å²) in [4.78, 5) is 33.7. The first-order valence-electron chi connectivity index (χ1n) is 9.48. The van der Waals surface area contributed by atoms with Crippen molar-refractivity contribution in [3.8, 4) is 0 Å². The van der Waals surface area contributed by atoms with Crippen LogP contribution in [-0.2, 0) is 0 Å². The molecule has 2 bridgehead atoms. The average Bonchev–Trinajstić information content (AvgIpc) is 2.92. The number of fused-ring (bicyclic) bond motifs is 2. The van der Waals surface area contributed by atoms with Crippen molar-refractivity contribution >= 4 is 11.8 Å². The second kappa shape index (κ2) is 6.76. The number of benzene rings is 1. The summed E-state index contributed by atoms with van der Waals surface area (Å²) in [5.41, 5.74) is 1.29. The molecule has 1 heterocycles. The maximum absolute atomic E-state index is 12.7. The number of hydrogen-bond acceptors (Lipinski definition) is 4. The fraction of sp³-hybridized carbons (Fsp3) is 0.429. The highest BCUT2D eigenvalue weighted by molar-refractivity contribution is 5.95. The predicted molar refractivity (Wildman–Crippen MR) is 101 cm³/mol. The van der Waals surface area contributed by atoms with Crippen LogP contribution in [0.15, 0.2) is 42.7 Å². The number of nitrogens with one attached hydrogen (secondary N) is 2. The molecule has 4 rings (SSSR count). The van der Waals surface area contributed by atoms with Crippen LogP contribution in [0, 0.1) is 6.92 Å². The van der Waals surface area contributed by atoms with Crippen LogP contribution in [0.25, 0.3) is 0 Å². The van der Waals surface area contributed by atoms with Crippen LogP contribution in [0.3, 0.4) is 0 Å². The van der Waals surface area contributed by atoms with E-state index in [9.17, 15) is 9.59 Å². The highest BCUT2D eigenvalue weighted by atomic mass is 16.2. The highest BCUT2D eigenvalue weighted by Crippen LogP contribution is 2.48. The lowest BCUT2D eigenvalue weighted by atomic mass is 9.78. The molecule has 0 saturated heterocycles. The van der Waals surface area contributed by atoms with Gasteiger partial charge in [0.1, 0.15) is 5.69 Å². The Morgan fingerprint density at radius 1 is 0.889 bits per heavy atom. The van der Waals surface area contributed by atoms with Crippen molar-refractivity contribution in [1.29, 1.82) is 0 Å². The van der Waals surface area contributed by atoms with Crippen molar-refractivity contribution in [2.45, 2.75) is 56.5 Å². The first-order valence-corrected chi connectivity index (χ1v) is 9.48. The molecule has 2 N–H and O–H groups in total. The van der Waals surface area contributed by atoms with Crippen molar-refractivity contribution in [3.05, 3.63) is 59.7 Å². The lowest BCUT2D eigenvalue weighted by molar-refractivity contribution is 0.0829. The zero-order valence-electron chi connectivity index (χ0n) is 15.5. The fourth-order valence-corrected chi connectivity index (χ4v) is 4.55. The standard InChI is InChI=1S/C21H24N4O2/c1-15-12-23-17(13-22-15)19(27)25-21-9-5-8-20(14-21,10-11-21)24-18(26)16-6-3-2-4-7-16/h2-4,6-7,12-13H,5,8-11,14H2,1H3,(H,24,26)(H,25,27). The molecule has 6 heteroatoms. The summed E-state index contributed by atoms with van der Waals surface area (Å²) >= 11 is 0. The molecule has 2 aliphatic rings. The Kier molecular flexibility index (Phi) is 4.42. The Bertz CT molecular complexity index is 852. The van der Waals surface area contributed by atoms with Gasteiger partial charge >= 0.3 is 0 Å². The monoisotopic (exact) mass is 364 g/mol. The van der Waals surface area contributed by atoms with Crippen molar-refractivity contribution in [1.82, 2.24) is 20.6 Å². The summed E-state index contributed by atoms with van der Waals surface area (Å²) in [5, 5.41) is 6.47. The molecular formula is C21H24N4O2. The van der Waals surface area contributed by atoms with Gasteiger partial charge in [0.25, 0.3) is 11.8 Å².